The van der Waals surface area contributed by atoms with Crippen molar-refractivity contribution in [3.05, 3.63) is 12.5 Å². The molecule has 156 valence electrons. The maximum Gasteiger partial charge on any atom is 0.183 e. The van der Waals surface area contributed by atoms with Crippen molar-refractivity contribution in [1.29, 1.82) is 0 Å². The van der Waals surface area contributed by atoms with Crippen molar-refractivity contribution in [2.45, 2.75) is 37.9 Å². The van der Waals surface area contributed by atoms with Gasteiger partial charge in [-0.2, -0.15) is 5.10 Å². The first-order chi connectivity index (χ1) is 14.1. The van der Waals surface area contributed by atoms with Gasteiger partial charge in [-0.3, -0.25) is 9.67 Å². The predicted molar refractivity (Wildman–Crippen MR) is 104 cm³/mol. The molecule has 3 aromatic rings. The van der Waals surface area contributed by atoms with E-state index in [-0.39, 0.29) is 0 Å². The van der Waals surface area contributed by atoms with Crippen LogP contribution in [0.4, 0.5) is 11.5 Å². The second-order valence-electron chi connectivity index (χ2n) is 6.78. The van der Waals surface area contributed by atoms with Gasteiger partial charge in [0, 0.05) is 13.6 Å². The van der Waals surface area contributed by atoms with E-state index in [1.807, 2.05) is 6.92 Å². The Morgan fingerprint density at radius 3 is 2.79 bits per heavy atom. The molecular weight excluding hydrogens is 380 g/mol. The zero-order valence-corrected chi connectivity index (χ0v) is 16.1. The largest absolute Gasteiger partial charge is 0.394 e. The Labute approximate surface area is 166 Å². The van der Waals surface area contributed by atoms with Crippen LogP contribution in [-0.2, 0) is 4.74 Å². The fourth-order valence-corrected chi connectivity index (χ4v) is 3.34. The first kappa shape index (κ1) is 19.5. The molecule has 0 saturated carbocycles. The molecule has 6 N–H and O–H groups in total. The van der Waals surface area contributed by atoms with Gasteiger partial charge in [-0.05, 0) is 6.42 Å². The van der Waals surface area contributed by atoms with Crippen LogP contribution >= 0.6 is 0 Å². The topological polar surface area (TPSA) is 166 Å². The lowest BCUT2D eigenvalue weighted by atomic mass is 10.1. The number of nitrogens with zero attached hydrogens (tertiary/aromatic N) is 5. The number of aromatic nitrogens is 6. The summed E-state index contributed by atoms with van der Waals surface area (Å²) in [4.78, 5) is 13.6. The van der Waals surface area contributed by atoms with E-state index < -0.39 is 31.1 Å². The van der Waals surface area contributed by atoms with Crippen LogP contribution in [0, 0.1) is 0 Å². The van der Waals surface area contributed by atoms with E-state index in [1.165, 1.54) is 10.9 Å². The van der Waals surface area contributed by atoms with Crippen LogP contribution in [0.2, 0.25) is 0 Å². The number of nitrogens with one attached hydrogen (secondary N) is 3. The molecule has 4 atom stereocenters. The van der Waals surface area contributed by atoms with E-state index in [2.05, 4.69) is 35.8 Å². The summed E-state index contributed by atoms with van der Waals surface area (Å²) >= 11 is 0. The van der Waals surface area contributed by atoms with Gasteiger partial charge in [0.25, 0.3) is 0 Å². The molecular formula is C17H24N8O4. The smallest absolute Gasteiger partial charge is 0.183 e. The highest BCUT2D eigenvalue weighted by Crippen LogP contribution is 2.33. The Balaban J connectivity index is 1.84. The van der Waals surface area contributed by atoms with Crippen molar-refractivity contribution < 1.29 is 20.1 Å². The molecule has 0 spiro atoms. The van der Waals surface area contributed by atoms with E-state index in [1.54, 1.807) is 13.2 Å². The Bertz CT molecular complexity index is 989. The third-order valence-corrected chi connectivity index (χ3v) is 4.89. The molecule has 29 heavy (non-hydrogen) atoms. The van der Waals surface area contributed by atoms with Crippen LogP contribution in [0.1, 0.15) is 19.6 Å². The van der Waals surface area contributed by atoms with E-state index >= 15 is 0 Å². The molecule has 4 rings (SSSR count). The number of imidazole rings is 1. The number of hydrogen-bond donors (Lipinski definition) is 6. The lowest BCUT2D eigenvalue weighted by molar-refractivity contribution is -0.0511. The van der Waals surface area contributed by atoms with Gasteiger partial charge in [0.1, 0.15) is 24.0 Å². The molecule has 1 aliphatic heterocycles. The molecule has 1 aliphatic rings. The van der Waals surface area contributed by atoms with Gasteiger partial charge in [-0.1, -0.05) is 6.92 Å². The number of fused-ring (bicyclic) bond motifs is 1. The number of ether oxygens (including phenoxy) is 1. The first-order valence-corrected chi connectivity index (χ1v) is 9.41. The van der Waals surface area contributed by atoms with Crippen molar-refractivity contribution >= 4 is 22.7 Å². The summed E-state index contributed by atoms with van der Waals surface area (Å²) in [6.45, 7) is 2.32. The lowest BCUT2D eigenvalue weighted by Gasteiger charge is -2.17. The van der Waals surface area contributed by atoms with Crippen LogP contribution in [0.15, 0.2) is 12.5 Å². The van der Waals surface area contributed by atoms with Crippen molar-refractivity contribution in [2.24, 2.45) is 0 Å². The molecule has 0 aliphatic carbocycles. The van der Waals surface area contributed by atoms with E-state index in [0.29, 0.717) is 35.0 Å². The minimum absolute atomic E-state index is 0.381. The summed E-state index contributed by atoms with van der Waals surface area (Å²) in [5, 5.41) is 43.1. The van der Waals surface area contributed by atoms with Crippen LogP contribution in [0.3, 0.4) is 0 Å². The number of H-pyrrole nitrogens is 1. The summed E-state index contributed by atoms with van der Waals surface area (Å²) < 4.78 is 7.18. The SMILES string of the molecule is CCCNc1nc(-c2[nH]ncc2NC)nc2c1ncn2[C@@H]1O[C@H](CO)[C@@H](O)[C@H]1O. The van der Waals surface area contributed by atoms with Crippen LogP contribution in [0.5, 0.6) is 0 Å². The highest BCUT2D eigenvalue weighted by atomic mass is 16.6. The highest BCUT2D eigenvalue weighted by molar-refractivity contribution is 5.86. The van der Waals surface area contributed by atoms with Crippen LogP contribution in [0.25, 0.3) is 22.7 Å². The average molecular weight is 404 g/mol. The molecule has 12 heteroatoms. The van der Waals surface area contributed by atoms with E-state index in [0.717, 1.165) is 12.1 Å². The number of anilines is 2. The van der Waals surface area contributed by atoms with E-state index in [9.17, 15) is 15.3 Å². The molecule has 12 nitrogen and oxygen atoms in total. The molecule has 0 aromatic carbocycles. The van der Waals surface area contributed by atoms with Gasteiger partial charge in [0.15, 0.2) is 29.0 Å². The van der Waals surface area contributed by atoms with Gasteiger partial charge < -0.3 is 30.7 Å². The van der Waals surface area contributed by atoms with Gasteiger partial charge in [-0.15, -0.1) is 0 Å². The second-order valence-corrected chi connectivity index (χ2v) is 6.78. The minimum Gasteiger partial charge on any atom is -0.394 e. The standard InChI is InChI=1S/C17H24N8O4/c1-3-4-19-14-11-16(23-15(22-14)10-8(18-2)5-21-24-10)25(7-20-11)17-13(28)12(27)9(6-26)29-17/h5,7,9,12-13,17-18,26-28H,3-4,6H2,1-2H3,(H,21,24)(H,19,22,23)/t9-,12-,13-,17-/m1/s1. The molecule has 3 aromatic heterocycles. The quantitative estimate of drug-likeness (QED) is 0.307. The average Bonchev–Trinajstić information content (AvgIpc) is 3.44. The van der Waals surface area contributed by atoms with Crippen molar-refractivity contribution in [3.8, 4) is 11.5 Å². The first-order valence-electron chi connectivity index (χ1n) is 9.41. The Morgan fingerprint density at radius 1 is 1.28 bits per heavy atom. The number of aliphatic hydroxyl groups is 3. The normalized spacial score (nSPS) is 24.3. The molecule has 0 unspecified atom stereocenters. The number of hydrogen-bond acceptors (Lipinski definition) is 10. The molecule has 0 bridgehead atoms. The number of aliphatic hydroxyl groups excluding tert-OH is 3. The fraction of sp³-hybridized carbons (Fsp3) is 0.529. The maximum atomic E-state index is 10.4. The van der Waals surface area contributed by atoms with Gasteiger partial charge in [-0.25, -0.2) is 15.0 Å². The van der Waals surface area contributed by atoms with Gasteiger partial charge in [0.05, 0.1) is 24.8 Å². The van der Waals surface area contributed by atoms with Crippen molar-refractivity contribution in [1.82, 2.24) is 29.7 Å². The van der Waals surface area contributed by atoms with Gasteiger partial charge in [0.2, 0.25) is 0 Å². The Hall–Kier alpha value is -2.80. The fourth-order valence-electron chi connectivity index (χ4n) is 3.34. The summed E-state index contributed by atoms with van der Waals surface area (Å²) in [7, 11) is 1.77. The van der Waals surface area contributed by atoms with E-state index in [4.69, 9.17) is 4.74 Å². The Kier molecular flexibility index (Phi) is 5.32. The van der Waals surface area contributed by atoms with Crippen molar-refractivity contribution in [2.75, 3.05) is 30.8 Å². The number of aromatic amines is 1. The second kappa shape index (κ2) is 7.91. The number of rotatable bonds is 7. The molecule has 4 heterocycles. The zero-order chi connectivity index (χ0) is 20.5. The van der Waals surface area contributed by atoms with Crippen LogP contribution < -0.4 is 10.6 Å². The summed E-state index contributed by atoms with van der Waals surface area (Å²) in [6, 6.07) is 0. The third-order valence-electron chi connectivity index (χ3n) is 4.89. The maximum absolute atomic E-state index is 10.4. The molecule has 1 fully saturated rings. The third kappa shape index (κ3) is 3.29. The predicted octanol–water partition coefficient (Wildman–Crippen LogP) is -0.309. The van der Waals surface area contributed by atoms with Gasteiger partial charge >= 0.3 is 0 Å². The Morgan fingerprint density at radius 2 is 2.10 bits per heavy atom. The monoisotopic (exact) mass is 404 g/mol. The van der Waals surface area contributed by atoms with Crippen LogP contribution in [-0.4, -0.2) is 83.5 Å². The minimum atomic E-state index is -1.24. The highest BCUT2D eigenvalue weighted by Gasteiger charge is 2.44. The summed E-state index contributed by atoms with van der Waals surface area (Å²) in [5.41, 5.74) is 2.25. The molecule has 1 saturated heterocycles. The molecule has 0 amide bonds. The molecule has 0 radical (unpaired) electrons. The van der Waals surface area contributed by atoms with Crippen molar-refractivity contribution in [3.63, 3.8) is 0 Å². The summed E-state index contributed by atoms with van der Waals surface area (Å²) in [6.07, 6.45) is -0.297. The summed E-state index contributed by atoms with van der Waals surface area (Å²) in [5.74, 6) is 0.917. The lowest BCUT2D eigenvalue weighted by Crippen LogP contribution is -2.33. The zero-order valence-electron chi connectivity index (χ0n) is 16.1.